The molecular formula is C27H36NO8P. The van der Waals surface area contributed by atoms with Gasteiger partial charge in [0.05, 0.1) is 17.4 Å². The van der Waals surface area contributed by atoms with Crippen LogP contribution in [0.3, 0.4) is 0 Å². The van der Waals surface area contributed by atoms with Crippen LogP contribution in [-0.2, 0) is 45.8 Å². The third-order valence-electron chi connectivity index (χ3n) is 5.15. The van der Waals surface area contributed by atoms with Crippen molar-refractivity contribution in [2.75, 3.05) is 6.61 Å². The molecular weight excluding hydrogens is 497 g/mol. The van der Waals surface area contributed by atoms with E-state index in [2.05, 4.69) is 0 Å². The molecule has 0 radical (unpaired) electrons. The van der Waals surface area contributed by atoms with Gasteiger partial charge in [-0.25, -0.2) is 19.5 Å². The minimum Gasteiger partial charge on any atom is -0.446 e. The van der Waals surface area contributed by atoms with Crippen molar-refractivity contribution in [3.05, 3.63) is 71.3 Å². The number of benzene rings is 2. The summed E-state index contributed by atoms with van der Waals surface area (Å²) in [6.45, 7) is 10.7. The summed E-state index contributed by atoms with van der Waals surface area (Å²) in [5, 5.41) is 0. The van der Waals surface area contributed by atoms with E-state index in [4.69, 9.17) is 23.9 Å². The van der Waals surface area contributed by atoms with Gasteiger partial charge in [0.15, 0.2) is 0 Å². The Balaban J connectivity index is 1.62. The minimum absolute atomic E-state index is 0.0727. The molecule has 9 nitrogen and oxygen atoms in total. The van der Waals surface area contributed by atoms with E-state index in [1.807, 2.05) is 42.5 Å². The molecule has 2 aromatic rings. The van der Waals surface area contributed by atoms with E-state index in [0.29, 0.717) is 12.0 Å². The van der Waals surface area contributed by atoms with Crippen LogP contribution in [0.2, 0.25) is 0 Å². The second-order valence-electron chi connectivity index (χ2n) is 10.9. The molecule has 2 aromatic carbocycles. The molecule has 37 heavy (non-hydrogen) atoms. The summed E-state index contributed by atoms with van der Waals surface area (Å²) in [6, 6.07) is 16.1. The predicted molar refractivity (Wildman–Crippen MR) is 137 cm³/mol. The maximum absolute atomic E-state index is 13.3. The molecule has 0 unspecified atom stereocenters. The fourth-order valence-electron chi connectivity index (χ4n) is 3.43. The lowest BCUT2D eigenvalue weighted by Crippen LogP contribution is -2.34. The summed E-state index contributed by atoms with van der Waals surface area (Å²) in [4.78, 5) is 36.9. The molecule has 0 bridgehead atoms. The molecule has 1 atom stereocenters. The SMILES string of the molecule is CC(C)(C)OOP(=O)(Cc1ccc(CCC(=O)N2C(=O)OC[C@@H]2c2ccccc2)cc1)OOC(C)(C)C. The van der Waals surface area contributed by atoms with Gasteiger partial charge in [0.1, 0.15) is 12.6 Å². The third-order valence-corrected chi connectivity index (χ3v) is 6.51. The van der Waals surface area contributed by atoms with Gasteiger partial charge in [-0.1, -0.05) is 54.6 Å². The van der Waals surface area contributed by atoms with Crippen LogP contribution in [0.5, 0.6) is 0 Å². The van der Waals surface area contributed by atoms with Crippen molar-refractivity contribution in [2.24, 2.45) is 0 Å². The molecule has 0 spiro atoms. The first kappa shape index (κ1) is 29.0. The van der Waals surface area contributed by atoms with E-state index in [-0.39, 0.29) is 25.1 Å². The van der Waals surface area contributed by atoms with Crippen molar-refractivity contribution in [3.8, 4) is 0 Å². The molecule has 0 aromatic heterocycles. The highest BCUT2D eigenvalue weighted by Crippen LogP contribution is 2.53. The van der Waals surface area contributed by atoms with Crippen LogP contribution >= 0.6 is 7.60 Å². The summed E-state index contributed by atoms with van der Waals surface area (Å²) in [5.74, 6) is -0.301. The molecule has 1 fully saturated rings. The summed E-state index contributed by atoms with van der Waals surface area (Å²) in [5.41, 5.74) is 1.03. The molecule has 2 amide bonds. The zero-order chi connectivity index (χ0) is 27.3. The molecule has 3 rings (SSSR count). The normalized spacial score (nSPS) is 16.6. The van der Waals surface area contributed by atoms with Gasteiger partial charge in [0.2, 0.25) is 5.91 Å². The molecule has 1 aliphatic rings. The molecule has 1 heterocycles. The first-order valence-electron chi connectivity index (χ1n) is 12.2. The summed E-state index contributed by atoms with van der Waals surface area (Å²) in [7, 11) is -3.79. The summed E-state index contributed by atoms with van der Waals surface area (Å²) in [6.07, 6.45) is -0.132. The third kappa shape index (κ3) is 9.05. The number of amides is 2. The van der Waals surface area contributed by atoms with Crippen LogP contribution in [0.25, 0.3) is 0 Å². The fraction of sp³-hybridized carbons (Fsp3) is 0.481. The molecule has 0 saturated carbocycles. The fourth-order valence-corrected chi connectivity index (χ4v) is 4.89. The van der Waals surface area contributed by atoms with Crippen molar-refractivity contribution in [2.45, 2.75) is 77.8 Å². The second kappa shape index (κ2) is 11.9. The zero-order valence-corrected chi connectivity index (χ0v) is 23.2. The predicted octanol–water partition coefficient (Wildman–Crippen LogP) is 6.53. The first-order chi connectivity index (χ1) is 17.2. The van der Waals surface area contributed by atoms with Crippen LogP contribution in [0.4, 0.5) is 4.79 Å². The number of hydrogen-bond donors (Lipinski definition) is 0. The molecule has 0 N–H and O–H groups in total. The van der Waals surface area contributed by atoms with E-state index in [0.717, 1.165) is 11.1 Å². The molecule has 1 saturated heterocycles. The first-order valence-corrected chi connectivity index (χ1v) is 13.9. The molecule has 202 valence electrons. The topological polar surface area (TPSA) is 101 Å². The van der Waals surface area contributed by atoms with Crippen molar-refractivity contribution in [1.82, 2.24) is 4.90 Å². The average molecular weight is 534 g/mol. The maximum atomic E-state index is 13.3. The number of nitrogens with zero attached hydrogens (tertiary/aromatic N) is 1. The number of rotatable bonds is 10. The monoisotopic (exact) mass is 533 g/mol. The van der Waals surface area contributed by atoms with Crippen molar-refractivity contribution in [1.29, 1.82) is 0 Å². The Morgan fingerprint density at radius 2 is 1.46 bits per heavy atom. The molecule has 1 aliphatic heterocycles. The highest BCUT2D eigenvalue weighted by atomic mass is 31.2. The van der Waals surface area contributed by atoms with E-state index < -0.39 is 30.9 Å². The number of aryl methyl sites for hydroxylation is 1. The zero-order valence-electron chi connectivity index (χ0n) is 22.3. The van der Waals surface area contributed by atoms with E-state index in [9.17, 15) is 14.2 Å². The lowest BCUT2D eigenvalue weighted by Gasteiger charge is -2.25. The highest BCUT2D eigenvalue weighted by Gasteiger charge is 2.38. The Bertz CT molecular complexity index is 1080. The lowest BCUT2D eigenvalue weighted by atomic mass is 10.0. The Kier molecular flexibility index (Phi) is 9.32. The van der Waals surface area contributed by atoms with Gasteiger partial charge in [-0.05, 0) is 64.7 Å². The second-order valence-corrected chi connectivity index (χ2v) is 12.7. The van der Waals surface area contributed by atoms with Gasteiger partial charge in [0.25, 0.3) is 0 Å². The quantitative estimate of drug-likeness (QED) is 0.193. The van der Waals surface area contributed by atoms with Gasteiger partial charge in [0, 0.05) is 6.42 Å². The highest BCUT2D eigenvalue weighted by molar-refractivity contribution is 7.52. The van der Waals surface area contributed by atoms with E-state index in [1.165, 1.54) is 4.90 Å². The Labute approximate surface area is 218 Å². The van der Waals surface area contributed by atoms with Gasteiger partial charge in [-0.15, -0.1) is 9.35 Å². The number of carbonyl (C=O) groups excluding carboxylic acids is 2. The van der Waals surface area contributed by atoms with Crippen molar-refractivity contribution >= 4 is 19.6 Å². The van der Waals surface area contributed by atoms with E-state index >= 15 is 0 Å². The van der Waals surface area contributed by atoms with Crippen molar-refractivity contribution < 1.29 is 38.0 Å². The minimum atomic E-state index is -3.79. The van der Waals surface area contributed by atoms with Crippen LogP contribution in [0.15, 0.2) is 54.6 Å². The van der Waals surface area contributed by atoms with Crippen molar-refractivity contribution in [3.63, 3.8) is 0 Å². The van der Waals surface area contributed by atoms with Gasteiger partial charge in [-0.2, -0.15) is 0 Å². The van der Waals surface area contributed by atoms with Gasteiger partial charge >= 0.3 is 13.7 Å². The number of hydrogen-bond acceptors (Lipinski definition) is 8. The van der Waals surface area contributed by atoms with Crippen LogP contribution in [0, 0.1) is 0 Å². The van der Waals surface area contributed by atoms with E-state index in [1.54, 1.807) is 53.7 Å². The summed E-state index contributed by atoms with van der Waals surface area (Å²) >= 11 is 0. The van der Waals surface area contributed by atoms with Gasteiger partial charge < -0.3 is 4.74 Å². The molecule has 0 aliphatic carbocycles. The number of imide groups is 1. The Morgan fingerprint density at radius 3 is 2.00 bits per heavy atom. The van der Waals surface area contributed by atoms with Crippen LogP contribution in [0.1, 0.15) is 70.7 Å². The number of cyclic esters (lactones) is 1. The standard InChI is InChI=1S/C27H36NO8P/c1-26(2,3)33-35-37(31,36-34-27(4,5)6)19-21-14-12-20(13-15-21)16-17-24(29)28-23(18-32-25(28)30)22-10-8-7-9-11-22/h7-15,23H,16-19H2,1-6H3/t23-/m1/s1. The summed E-state index contributed by atoms with van der Waals surface area (Å²) < 4.78 is 28.9. The Hall–Kier alpha value is -2.55. The maximum Gasteiger partial charge on any atom is 0.417 e. The smallest absolute Gasteiger partial charge is 0.417 e. The molecule has 10 heteroatoms. The lowest BCUT2D eigenvalue weighted by molar-refractivity contribution is -0.326. The number of ether oxygens (including phenoxy) is 1. The average Bonchev–Trinajstić information content (AvgIpc) is 3.22. The Morgan fingerprint density at radius 1 is 0.919 bits per heavy atom. The van der Waals surface area contributed by atoms with Gasteiger partial charge in [-0.3, -0.25) is 9.36 Å². The largest absolute Gasteiger partial charge is 0.446 e. The van der Waals surface area contributed by atoms with Crippen LogP contribution in [-0.4, -0.2) is 34.7 Å². The van der Waals surface area contributed by atoms with Crippen LogP contribution < -0.4 is 0 Å². The number of carbonyl (C=O) groups is 2.